The van der Waals surface area contributed by atoms with Crippen LogP contribution in [0, 0.1) is 0 Å². The van der Waals surface area contributed by atoms with E-state index in [9.17, 15) is 4.79 Å². The maximum absolute atomic E-state index is 11.8. The summed E-state index contributed by atoms with van der Waals surface area (Å²) in [5, 5.41) is 3.98. The lowest BCUT2D eigenvalue weighted by molar-refractivity contribution is -0.159. The number of ether oxygens (including phenoxy) is 2. The van der Waals surface area contributed by atoms with E-state index in [1.165, 1.54) is 5.69 Å². The van der Waals surface area contributed by atoms with Gasteiger partial charge in [-0.2, -0.15) is 5.10 Å². The highest BCUT2D eigenvalue weighted by atomic mass is 16.7. The van der Waals surface area contributed by atoms with E-state index in [1.54, 1.807) is 13.1 Å². The third-order valence-corrected chi connectivity index (χ3v) is 3.80. The summed E-state index contributed by atoms with van der Waals surface area (Å²) in [4.78, 5) is 14.1. The van der Waals surface area contributed by atoms with E-state index in [0.29, 0.717) is 13.2 Å². The molecule has 2 rings (SSSR count). The Balaban J connectivity index is 1.84. The van der Waals surface area contributed by atoms with Crippen molar-refractivity contribution < 1.29 is 14.3 Å². The Morgan fingerprint density at radius 2 is 1.87 bits per heavy atom. The van der Waals surface area contributed by atoms with Gasteiger partial charge >= 0.3 is 0 Å². The predicted octanol–water partition coefficient (Wildman–Crippen LogP) is 2.14. The molecule has 23 heavy (non-hydrogen) atoms. The second-order valence-corrected chi connectivity index (χ2v) is 5.56. The summed E-state index contributed by atoms with van der Waals surface area (Å²) < 4.78 is 10.8. The minimum absolute atomic E-state index is 0.130. The Kier molecular flexibility index (Phi) is 6.12. The summed E-state index contributed by atoms with van der Waals surface area (Å²) in [6, 6.07) is 8.07. The van der Waals surface area contributed by atoms with Gasteiger partial charge in [0.15, 0.2) is 5.79 Å². The smallest absolute Gasteiger partial charge is 0.245 e. The summed E-state index contributed by atoms with van der Waals surface area (Å²) in [6.45, 7) is 9.01. The van der Waals surface area contributed by atoms with Gasteiger partial charge < -0.3 is 14.4 Å². The van der Waals surface area contributed by atoms with Crippen LogP contribution in [0.1, 0.15) is 32.8 Å². The Morgan fingerprint density at radius 3 is 2.43 bits per heavy atom. The van der Waals surface area contributed by atoms with Gasteiger partial charge in [-0.1, -0.05) is 12.1 Å². The van der Waals surface area contributed by atoms with Crippen LogP contribution in [0.25, 0.3) is 0 Å². The zero-order valence-corrected chi connectivity index (χ0v) is 14.0. The van der Waals surface area contributed by atoms with Crippen molar-refractivity contribution in [3.05, 3.63) is 29.8 Å². The van der Waals surface area contributed by atoms with Crippen molar-refractivity contribution in [1.29, 1.82) is 0 Å². The number of nitrogens with zero attached hydrogens (tertiary/aromatic N) is 2. The quantitative estimate of drug-likeness (QED) is 0.618. The number of amides is 1. The van der Waals surface area contributed by atoms with Crippen LogP contribution < -0.4 is 10.3 Å². The summed E-state index contributed by atoms with van der Waals surface area (Å²) >= 11 is 0. The van der Waals surface area contributed by atoms with Crippen LogP contribution in [-0.4, -0.2) is 44.2 Å². The molecule has 6 heteroatoms. The van der Waals surface area contributed by atoms with E-state index >= 15 is 0 Å². The summed E-state index contributed by atoms with van der Waals surface area (Å²) in [6.07, 6.45) is 1.76. The predicted molar refractivity (Wildman–Crippen MR) is 90.7 cm³/mol. The number of benzene rings is 1. The number of anilines is 1. The first kappa shape index (κ1) is 17.4. The highest BCUT2D eigenvalue weighted by Crippen LogP contribution is 2.22. The second kappa shape index (κ2) is 8.08. The molecule has 0 bridgehead atoms. The fourth-order valence-electron chi connectivity index (χ4n) is 2.53. The molecule has 1 aliphatic rings. The normalized spacial score (nSPS) is 16.7. The molecule has 1 aliphatic heterocycles. The topological polar surface area (TPSA) is 63.2 Å². The monoisotopic (exact) mass is 319 g/mol. The summed E-state index contributed by atoms with van der Waals surface area (Å²) in [5.41, 5.74) is 4.61. The number of nitrogens with one attached hydrogen (secondary N) is 1. The van der Waals surface area contributed by atoms with Gasteiger partial charge in [0.05, 0.1) is 25.8 Å². The first-order valence-electron chi connectivity index (χ1n) is 8.01. The van der Waals surface area contributed by atoms with Gasteiger partial charge in [-0.15, -0.1) is 0 Å². The van der Waals surface area contributed by atoms with E-state index in [0.717, 1.165) is 18.7 Å². The minimum Gasteiger partial charge on any atom is -0.372 e. The fourth-order valence-corrected chi connectivity index (χ4v) is 2.53. The average molecular weight is 319 g/mol. The van der Waals surface area contributed by atoms with Gasteiger partial charge in [0.1, 0.15) is 0 Å². The standard InChI is InChI=1S/C17H25N3O3/c1-4-20(5-2)15-8-6-14(7-9-15)13-18-19-16(21)12-17(3)22-10-11-23-17/h6-9,13H,4-5,10-12H2,1-3H3,(H,19,21)/b18-13-. The van der Waals surface area contributed by atoms with E-state index in [1.807, 2.05) is 12.1 Å². The lowest BCUT2D eigenvalue weighted by atomic mass is 10.2. The molecule has 1 saturated heterocycles. The highest BCUT2D eigenvalue weighted by Gasteiger charge is 2.33. The van der Waals surface area contributed by atoms with Crippen LogP contribution in [-0.2, 0) is 14.3 Å². The van der Waals surface area contributed by atoms with Gasteiger partial charge in [-0.05, 0) is 38.5 Å². The van der Waals surface area contributed by atoms with Crippen molar-refractivity contribution in [2.75, 3.05) is 31.2 Å². The third-order valence-electron chi connectivity index (χ3n) is 3.80. The van der Waals surface area contributed by atoms with Crippen molar-refractivity contribution in [3.8, 4) is 0 Å². The molecule has 1 fully saturated rings. The van der Waals surface area contributed by atoms with Crippen molar-refractivity contribution in [2.24, 2.45) is 5.10 Å². The largest absolute Gasteiger partial charge is 0.372 e. The van der Waals surface area contributed by atoms with Crippen molar-refractivity contribution in [2.45, 2.75) is 33.0 Å². The molecule has 0 aromatic heterocycles. The zero-order chi connectivity index (χ0) is 16.7. The van der Waals surface area contributed by atoms with E-state index < -0.39 is 5.79 Å². The Bertz CT molecular complexity index is 533. The molecule has 1 heterocycles. The van der Waals surface area contributed by atoms with Gasteiger partial charge in [0.2, 0.25) is 5.91 Å². The Hall–Kier alpha value is -1.92. The maximum Gasteiger partial charge on any atom is 0.245 e. The number of carbonyl (C=O) groups excluding carboxylic acids is 1. The van der Waals surface area contributed by atoms with Crippen LogP contribution in [0.4, 0.5) is 5.69 Å². The Labute approximate surface area is 137 Å². The van der Waals surface area contributed by atoms with E-state index in [-0.39, 0.29) is 12.3 Å². The number of rotatable bonds is 7. The molecule has 0 atom stereocenters. The van der Waals surface area contributed by atoms with Gasteiger partial charge in [0, 0.05) is 18.8 Å². The van der Waals surface area contributed by atoms with Crippen molar-refractivity contribution >= 4 is 17.8 Å². The van der Waals surface area contributed by atoms with Crippen LogP contribution in [0.5, 0.6) is 0 Å². The van der Waals surface area contributed by atoms with Crippen molar-refractivity contribution in [1.82, 2.24) is 5.43 Å². The molecular formula is C17H25N3O3. The summed E-state index contributed by atoms with van der Waals surface area (Å²) in [5.74, 6) is -1.06. The first-order chi connectivity index (χ1) is 11.1. The number of hydrazone groups is 1. The Morgan fingerprint density at radius 1 is 1.26 bits per heavy atom. The van der Waals surface area contributed by atoms with Gasteiger partial charge in [-0.3, -0.25) is 4.79 Å². The van der Waals surface area contributed by atoms with Crippen LogP contribution in [0.15, 0.2) is 29.4 Å². The lowest BCUT2D eigenvalue weighted by Crippen LogP contribution is -2.33. The molecule has 1 aromatic carbocycles. The van der Waals surface area contributed by atoms with Crippen LogP contribution in [0.2, 0.25) is 0 Å². The molecule has 0 aliphatic carbocycles. The zero-order valence-electron chi connectivity index (χ0n) is 14.0. The fraction of sp³-hybridized carbons (Fsp3) is 0.529. The molecule has 1 amide bonds. The molecule has 126 valence electrons. The number of hydrogen-bond acceptors (Lipinski definition) is 5. The minimum atomic E-state index is -0.828. The SMILES string of the molecule is CCN(CC)c1ccc(/C=N\NC(=O)CC2(C)OCCO2)cc1. The third kappa shape index (κ3) is 5.04. The highest BCUT2D eigenvalue weighted by molar-refractivity contribution is 5.83. The molecule has 1 aromatic rings. The van der Waals surface area contributed by atoms with E-state index in [2.05, 4.69) is 41.4 Å². The molecule has 0 unspecified atom stereocenters. The number of hydrogen-bond donors (Lipinski definition) is 1. The molecule has 0 spiro atoms. The van der Waals surface area contributed by atoms with Crippen LogP contribution >= 0.6 is 0 Å². The molecule has 0 radical (unpaired) electrons. The maximum atomic E-state index is 11.8. The number of carbonyl (C=O) groups is 1. The van der Waals surface area contributed by atoms with Crippen LogP contribution in [0.3, 0.4) is 0 Å². The van der Waals surface area contributed by atoms with E-state index in [4.69, 9.17) is 9.47 Å². The summed E-state index contributed by atoms with van der Waals surface area (Å²) in [7, 11) is 0. The second-order valence-electron chi connectivity index (χ2n) is 5.56. The van der Waals surface area contributed by atoms with Crippen molar-refractivity contribution in [3.63, 3.8) is 0 Å². The molecule has 0 saturated carbocycles. The molecule has 1 N–H and O–H groups in total. The molecular weight excluding hydrogens is 294 g/mol. The average Bonchev–Trinajstić information content (AvgIpc) is 2.96. The molecule has 6 nitrogen and oxygen atoms in total. The van der Waals surface area contributed by atoms with Gasteiger partial charge in [-0.25, -0.2) is 5.43 Å². The first-order valence-corrected chi connectivity index (χ1v) is 8.01. The lowest BCUT2D eigenvalue weighted by Gasteiger charge is -2.21. The van der Waals surface area contributed by atoms with Gasteiger partial charge in [0.25, 0.3) is 0 Å².